The van der Waals surface area contributed by atoms with Gasteiger partial charge in [-0.05, 0) is 0 Å². The Morgan fingerprint density at radius 2 is 1.00 bits per heavy atom. The molecule has 0 fully saturated rings. The highest BCUT2D eigenvalue weighted by molar-refractivity contribution is 7.79. The molecule has 0 aromatic heterocycles. The molecule has 0 aromatic carbocycles. The number of carbonyl (C=O) groups excluding carboxylic acids is 2. The maximum absolute atomic E-state index is 8.81. The second-order valence-electron chi connectivity index (χ2n) is 0.720. The summed E-state index contributed by atoms with van der Waals surface area (Å²) >= 11 is 0. The predicted molar refractivity (Wildman–Crippen MR) is 36.3 cm³/mol. The van der Waals surface area contributed by atoms with Crippen molar-refractivity contribution in [2.24, 2.45) is 0 Å². The largest absolute Gasteiger partial charge is 0.394 e. The van der Waals surface area contributed by atoms with Crippen molar-refractivity contribution in [1.82, 2.24) is 12.3 Å². The second kappa shape index (κ2) is 11.9. The molecule has 0 amide bonds. The average molecular weight is 190 g/mol. The molecule has 11 heavy (non-hydrogen) atoms. The van der Waals surface area contributed by atoms with Gasteiger partial charge in [0.2, 0.25) is 0 Å². The standard InChI is InChI=1S/C2H2O2.2H3N.H2O4S/c3-1-2-4;;;1-5(2,3)4/h1-2H;2*1H3;(H2,1,2,3,4). The Morgan fingerprint density at radius 1 is 0.909 bits per heavy atom. The van der Waals surface area contributed by atoms with Crippen LogP contribution in [-0.2, 0) is 20.0 Å². The van der Waals surface area contributed by atoms with Crippen molar-refractivity contribution >= 4 is 23.0 Å². The number of hydrogen-bond acceptors (Lipinski definition) is 6. The van der Waals surface area contributed by atoms with Gasteiger partial charge in [0.05, 0.1) is 0 Å². The van der Waals surface area contributed by atoms with E-state index in [4.69, 9.17) is 27.1 Å². The van der Waals surface area contributed by atoms with E-state index in [0.717, 1.165) is 0 Å². The van der Waals surface area contributed by atoms with Crippen molar-refractivity contribution in [3.63, 3.8) is 0 Å². The zero-order valence-corrected chi connectivity index (χ0v) is 6.32. The first-order valence-corrected chi connectivity index (χ1v) is 2.90. The molecule has 8 nitrogen and oxygen atoms in total. The van der Waals surface area contributed by atoms with E-state index in [0.29, 0.717) is 0 Å². The maximum atomic E-state index is 8.81. The fourth-order valence-corrected chi connectivity index (χ4v) is 0. The zero-order chi connectivity index (χ0) is 7.91. The first-order chi connectivity index (χ1) is 3.91. The minimum Gasteiger partial charge on any atom is -0.344 e. The SMILES string of the molecule is N.N.O=CC=O.O=S(=O)(O)O. The Labute approximate surface area is 63.3 Å². The van der Waals surface area contributed by atoms with Gasteiger partial charge in [0, 0.05) is 0 Å². The molecule has 0 spiro atoms. The highest BCUT2D eigenvalue weighted by atomic mass is 32.3. The molecule has 0 bridgehead atoms. The number of aldehydes is 2. The smallest absolute Gasteiger partial charge is 0.344 e. The first kappa shape index (κ1) is 22.5. The van der Waals surface area contributed by atoms with Gasteiger partial charge in [-0.1, -0.05) is 0 Å². The van der Waals surface area contributed by atoms with Gasteiger partial charge in [0.15, 0.2) is 12.6 Å². The van der Waals surface area contributed by atoms with Crippen molar-refractivity contribution in [2.45, 2.75) is 0 Å². The topological polar surface area (TPSA) is 179 Å². The molecule has 0 heterocycles. The van der Waals surface area contributed by atoms with E-state index in [1.54, 1.807) is 0 Å². The van der Waals surface area contributed by atoms with E-state index in [1.807, 2.05) is 0 Å². The van der Waals surface area contributed by atoms with Crippen molar-refractivity contribution < 1.29 is 27.1 Å². The van der Waals surface area contributed by atoms with Crippen LogP contribution in [0.5, 0.6) is 0 Å². The van der Waals surface area contributed by atoms with Gasteiger partial charge in [-0.3, -0.25) is 18.7 Å². The molecule has 0 aliphatic carbocycles. The Morgan fingerprint density at radius 3 is 1.00 bits per heavy atom. The lowest BCUT2D eigenvalue weighted by molar-refractivity contribution is -0.122. The Kier molecular flexibility index (Phi) is 24.2. The van der Waals surface area contributed by atoms with Crippen LogP contribution in [0.15, 0.2) is 0 Å². The molecule has 0 rings (SSSR count). The van der Waals surface area contributed by atoms with E-state index in [9.17, 15) is 0 Å². The minimum atomic E-state index is -4.67. The number of hydrogen-bond donors (Lipinski definition) is 4. The Hall–Kier alpha value is -0.870. The summed E-state index contributed by atoms with van der Waals surface area (Å²) in [6.07, 6.45) is 0.389. The molecule has 0 unspecified atom stereocenters. The third-order valence-electron chi connectivity index (χ3n) is 0.0556. The molecule has 0 saturated carbocycles. The van der Waals surface area contributed by atoms with Crippen LogP contribution in [0.3, 0.4) is 0 Å². The monoisotopic (exact) mass is 190 g/mol. The molecule has 0 aliphatic rings. The quantitative estimate of drug-likeness (QED) is 0.232. The molecule has 70 valence electrons. The molecule has 0 atom stereocenters. The summed E-state index contributed by atoms with van der Waals surface area (Å²) in [5.74, 6) is 0. The number of carbonyl (C=O) groups is 2. The van der Waals surface area contributed by atoms with Crippen LogP contribution in [0.1, 0.15) is 0 Å². The lowest BCUT2D eigenvalue weighted by Crippen LogP contribution is -1.89. The van der Waals surface area contributed by atoms with Crippen molar-refractivity contribution in [3.8, 4) is 0 Å². The summed E-state index contributed by atoms with van der Waals surface area (Å²) in [6.45, 7) is 0. The van der Waals surface area contributed by atoms with Crippen LogP contribution >= 0.6 is 0 Å². The first-order valence-electron chi connectivity index (χ1n) is 1.50. The Balaban J connectivity index is -0.0000000383. The summed E-state index contributed by atoms with van der Waals surface area (Å²) in [7, 11) is -4.67. The van der Waals surface area contributed by atoms with Gasteiger partial charge in [0.1, 0.15) is 0 Å². The third-order valence-corrected chi connectivity index (χ3v) is 0.0556. The molecule has 0 aliphatic heterocycles. The highest BCUT2D eigenvalue weighted by Gasteiger charge is 1.84. The van der Waals surface area contributed by atoms with Crippen LogP contribution in [-0.4, -0.2) is 30.1 Å². The third kappa shape index (κ3) is 27500. The minimum absolute atomic E-state index is 0. The van der Waals surface area contributed by atoms with Gasteiger partial charge in [-0.15, -0.1) is 0 Å². The van der Waals surface area contributed by atoms with Crippen LogP contribution in [0.2, 0.25) is 0 Å². The lowest BCUT2D eigenvalue weighted by Gasteiger charge is -1.68. The predicted octanol–water partition coefficient (Wildman–Crippen LogP) is -0.945. The van der Waals surface area contributed by atoms with Crippen LogP contribution in [0, 0.1) is 0 Å². The molecular formula is C2H10N2O6S. The summed E-state index contributed by atoms with van der Waals surface area (Å²) < 4.78 is 31.6. The lowest BCUT2D eigenvalue weighted by atomic mass is 10.9. The fraction of sp³-hybridized carbons (Fsp3) is 0. The zero-order valence-electron chi connectivity index (χ0n) is 5.50. The summed E-state index contributed by atoms with van der Waals surface area (Å²) in [5, 5.41) is 0. The fourth-order valence-electron chi connectivity index (χ4n) is 0. The summed E-state index contributed by atoms with van der Waals surface area (Å²) in [6, 6.07) is 0. The van der Waals surface area contributed by atoms with Crippen molar-refractivity contribution in [3.05, 3.63) is 0 Å². The normalized spacial score (nSPS) is 7.09. The molecule has 9 heteroatoms. The van der Waals surface area contributed by atoms with Crippen molar-refractivity contribution in [1.29, 1.82) is 0 Å². The molecule has 8 N–H and O–H groups in total. The molecule has 0 radical (unpaired) electrons. The average Bonchev–Trinajstić information content (AvgIpc) is 1.61. The molecule has 0 saturated heterocycles. The Bertz CT molecular complexity index is 159. The van der Waals surface area contributed by atoms with E-state index >= 15 is 0 Å². The van der Waals surface area contributed by atoms with E-state index in [-0.39, 0.29) is 24.9 Å². The van der Waals surface area contributed by atoms with Gasteiger partial charge in [-0.25, -0.2) is 0 Å². The summed E-state index contributed by atoms with van der Waals surface area (Å²) in [4.78, 5) is 17.6. The van der Waals surface area contributed by atoms with E-state index in [1.165, 1.54) is 0 Å². The number of rotatable bonds is 1. The van der Waals surface area contributed by atoms with Gasteiger partial charge >= 0.3 is 10.4 Å². The van der Waals surface area contributed by atoms with Gasteiger partial charge in [-0.2, -0.15) is 8.42 Å². The van der Waals surface area contributed by atoms with E-state index in [2.05, 4.69) is 0 Å². The molecular weight excluding hydrogens is 180 g/mol. The van der Waals surface area contributed by atoms with E-state index < -0.39 is 10.4 Å². The summed E-state index contributed by atoms with van der Waals surface area (Å²) in [5.41, 5.74) is 0. The van der Waals surface area contributed by atoms with Crippen LogP contribution < -0.4 is 12.3 Å². The van der Waals surface area contributed by atoms with Crippen molar-refractivity contribution in [2.75, 3.05) is 0 Å². The van der Waals surface area contributed by atoms with Crippen LogP contribution in [0.4, 0.5) is 0 Å². The van der Waals surface area contributed by atoms with Gasteiger partial charge < -0.3 is 12.3 Å². The van der Waals surface area contributed by atoms with Gasteiger partial charge in [0.25, 0.3) is 0 Å². The van der Waals surface area contributed by atoms with Crippen LogP contribution in [0.25, 0.3) is 0 Å². The molecule has 0 aromatic rings. The maximum Gasteiger partial charge on any atom is 0.394 e. The second-order valence-corrected chi connectivity index (χ2v) is 1.62. The highest BCUT2D eigenvalue weighted by Crippen LogP contribution is 1.59.